The number of anilines is 1. The molecule has 21 heavy (non-hydrogen) atoms. The van der Waals surface area contributed by atoms with Gasteiger partial charge in [-0.2, -0.15) is 0 Å². The first kappa shape index (κ1) is 14.0. The average Bonchev–Trinajstić information content (AvgIpc) is 2.56. The molecule has 110 valence electrons. The smallest absolute Gasteiger partial charge is 0.159 e. The summed E-state index contributed by atoms with van der Waals surface area (Å²) in [4.78, 5) is 11.8. The van der Waals surface area contributed by atoms with Crippen LogP contribution in [0.4, 0.5) is 5.69 Å². The van der Waals surface area contributed by atoms with Gasteiger partial charge in [0.2, 0.25) is 0 Å². The Morgan fingerprint density at radius 3 is 2.52 bits per heavy atom. The highest BCUT2D eigenvalue weighted by atomic mass is 15.2. The number of rotatable bonds is 3. The molecule has 0 saturated carbocycles. The van der Waals surface area contributed by atoms with Gasteiger partial charge in [-0.25, -0.2) is 9.97 Å². The summed E-state index contributed by atoms with van der Waals surface area (Å²) in [5, 5.41) is 3.38. The minimum Gasteiger partial charge on any atom is -0.366 e. The Balaban J connectivity index is 1.92. The number of hydrogen-bond donors (Lipinski definition) is 1. The molecule has 0 atom stereocenters. The van der Waals surface area contributed by atoms with Gasteiger partial charge in [-0.15, -0.1) is 0 Å². The van der Waals surface area contributed by atoms with E-state index in [1.54, 1.807) is 0 Å². The number of benzene rings is 1. The van der Waals surface area contributed by atoms with Crippen molar-refractivity contribution in [2.75, 3.05) is 31.1 Å². The van der Waals surface area contributed by atoms with Crippen LogP contribution in [0.25, 0.3) is 11.4 Å². The number of piperazine rings is 1. The van der Waals surface area contributed by atoms with E-state index in [2.05, 4.69) is 53.3 Å². The summed E-state index contributed by atoms with van der Waals surface area (Å²) in [5.74, 6) is 0.825. The molecule has 0 amide bonds. The zero-order valence-corrected chi connectivity index (χ0v) is 12.8. The summed E-state index contributed by atoms with van der Waals surface area (Å²) < 4.78 is 0. The standard InChI is InChI=1S/C17H22N4/c1-3-15-16(21-10-8-18-9-11-21)12-19-17(20-15)14-6-4-13(2)5-7-14/h4-7,12,18H,3,8-11H2,1-2H3. The summed E-state index contributed by atoms with van der Waals surface area (Å²) in [5.41, 5.74) is 4.67. The van der Waals surface area contributed by atoms with Crippen molar-refractivity contribution in [3.63, 3.8) is 0 Å². The fourth-order valence-corrected chi connectivity index (χ4v) is 2.68. The van der Waals surface area contributed by atoms with Crippen LogP contribution in [-0.4, -0.2) is 36.1 Å². The lowest BCUT2D eigenvalue weighted by Gasteiger charge is -2.30. The lowest BCUT2D eigenvalue weighted by atomic mass is 10.1. The molecule has 1 N–H and O–H groups in total. The van der Waals surface area contributed by atoms with Crippen LogP contribution in [0.5, 0.6) is 0 Å². The highest BCUT2D eigenvalue weighted by Gasteiger charge is 2.16. The maximum Gasteiger partial charge on any atom is 0.159 e. The highest BCUT2D eigenvalue weighted by molar-refractivity contribution is 5.59. The van der Waals surface area contributed by atoms with Crippen LogP contribution in [-0.2, 0) is 6.42 Å². The maximum absolute atomic E-state index is 4.79. The number of aryl methyl sites for hydroxylation is 2. The van der Waals surface area contributed by atoms with Crippen LogP contribution in [0.2, 0.25) is 0 Å². The van der Waals surface area contributed by atoms with Crippen LogP contribution in [0.1, 0.15) is 18.2 Å². The van der Waals surface area contributed by atoms with Gasteiger partial charge in [-0.05, 0) is 13.3 Å². The molecule has 1 aliphatic rings. The topological polar surface area (TPSA) is 41.1 Å². The molecular formula is C17H22N4. The van der Waals surface area contributed by atoms with Crippen molar-refractivity contribution in [3.8, 4) is 11.4 Å². The highest BCUT2D eigenvalue weighted by Crippen LogP contribution is 2.23. The average molecular weight is 282 g/mol. The second-order valence-electron chi connectivity index (χ2n) is 5.48. The van der Waals surface area contributed by atoms with Gasteiger partial charge >= 0.3 is 0 Å². The fourth-order valence-electron chi connectivity index (χ4n) is 2.68. The molecule has 1 fully saturated rings. The lowest BCUT2D eigenvalue weighted by molar-refractivity contribution is 0.586. The molecule has 0 radical (unpaired) electrons. The van der Waals surface area contributed by atoms with E-state index >= 15 is 0 Å². The number of hydrogen-bond acceptors (Lipinski definition) is 4. The molecule has 0 aliphatic carbocycles. The molecule has 3 rings (SSSR count). The Morgan fingerprint density at radius 1 is 1.14 bits per heavy atom. The van der Waals surface area contributed by atoms with Gasteiger partial charge in [0.1, 0.15) is 0 Å². The normalized spacial score (nSPS) is 15.2. The third kappa shape index (κ3) is 3.05. The van der Waals surface area contributed by atoms with Crippen molar-refractivity contribution in [2.24, 2.45) is 0 Å². The van der Waals surface area contributed by atoms with Crippen molar-refractivity contribution in [2.45, 2.75) is 20.3 Å². The van der Waals surface area contributed by atoms with Crippen LogP contribution >= 0.6 is 0 Å². The molecule has 4 heteroatoms. The molecule has 1 saturated heterocycles. The first-order valence-electron chi connectivity index (χ1n) is 7.66. The van der Waals surface area contributed by atoms with E-state index in [0.29, 0.717) is 0 Å². The Morgan fingerprint density at radius 2 is 1.86 bits per heavy atom. The minimum atomic E-state index is 0.825. The number of nitrogens with zero attached hydrogens (tertiary/aromatic N) is 3. The monoisotopic (exact) mass is 282 g/mol. The van der Waals surface area contributed by atoms with Gasteiger partial charge in [0.05, 0.1) is 17.6 Å². The van der Waals surface area contributed by atoms with Crippen LogP contribution in [0.3, 0.4) is 0 Å². The minimum absolute atomic E-state index is 0.825. The van der Waals surface area contributed by atoms with E-state index in [0.717, 1.165) is 49.7 Å². The largest absolute Gasteiger partial charge is 0.366 e. The van der Waals surface area contributed by atoms with E-state index < -0.39 is 0 Å². The molecule has 1 aromatic heterocycles. The molecule has 0 bridgehead atoms. The molecule has 1 aromatic carbocycles. The summed E-state index contributed by atoms with van der Waals surface area (Å²) >= 11 is 0. The number of aromatic nitrogens is 2. The van der Waals surface area contributed by atoms with Crippen molar-refractivity contribution >= 4 is 5.69 Å². The van der Waals surface area contributed by atoms with Crippen molar-refractivity contribution in [3.05, 3.63) is 41.7 Å². The first-order valence-corrected chi connectivity index (χ1v) is 7.66. The van der Waals surface area contributed by atoms with E-state index in [-0.39, 0.29) is 0 Å². The molecule has 0 spiro atoms. The van der Waals surface area contributed by atoms with Gasteiger partial charge in [0.15, 0.2) is 5.82 Å². The SMILES string of the molecule is CCc1nc(-c2ccc(C)cc2)ncc1N1CCNCC1. The van der Waals surface area contributed by atoms with E-state index in [1.165, 1.54) is 11.3 Å². The van der Waals surface area contributed by atoms with Crippen LogP contribution in [0, 0.1) is 6.92 Å². The molecule has 4 nitrogen and oxygen atoms in total. The molecule has 2 aromatic rings. The van der Waals surface area contributed by atoms with Gasteiger partial charge in [0.25, 0.3) is 0 Å². The van der Waals surface area contributed by atoms with Crippen LogP contribution < -0.4 is 10.2 Å². The predicted molar refractivity (Wildman–Crippen MR) is 86.7 cm³/mol. The second kappa shape index (κ2) is 6.22. The maximum atomic E-state index is 4.79. The molecule has 2 heterocycles. The third-order valence-electron chi connectivity index (χ3n) is 3.95. The summed E-state index contributed by atoms with van der Waals surface area (Å²) in [6.07, 6.45) is 2.92. The van der Waals surface area contributed by atoms with Crippen LogP contribution in [0.15, 0.2) is 30.5 Å². The lowest BCUT2D eigenvalue weighted by Crippen LogP contribution is -2.44. The second-order valence-corrected chi connectivity index (χ2v) is 5.48. The Bertz CT molecular complexity index is 601. The van der Waals surface area contributed by atoms with Crippen molar-refractivity contribution < 1.29 is 0 Å². The predicted octanol–water partition coefficient (Wildman–Crippen LogP) is 2.42. The quantitative estimate of drug-likeness (QED) is 0.938. The summed E-state index contributed by atoms with van der Waals surface area (Å²) in [7, 11) is 0. The van der Waals surface area contributed by atoms with Crippen molar-refractivity contribution in [1.29, 1.82) is 0 Å². The summed E-state index contributed by atoms with van der Waals surface area (Å²) in [6.45, 7) is 8.37. The zero-order valence-electron chi connectivity index (χ0n) is 12.8. The molecule has 0 unspecified atom stereocenters. The molecular weight excluding hydrogens is 260 g/mol. The Kier molecular flexibility index (Phi) is 4.15. The third-order valence-corrected chi connectivity index (χ3v) is 3.95. The Hall–Kier alpha value is -1.94. The first-order chi connectivity index (χ1) is 10.3. The van der Waals surface area contributed by atoms with Gasteiger partial charge < -0.3 is 10.2 Å². The zero-order chi connectivity index (χ0) is 14.7. The van der Waals surface area contributed by atoms with Gasteiger partial charge in [0, 0.05) is 31.7 Å². The van der Waals surface area contributed by atoms with Gasteiger partial charge in [-0.3, -0.25) is 0 Å². The number of nitrogens with one attached hydrogen (secondary N) is 1. The van der Waals surface area contributed by atoms with E-state index in [9.17, 15) is 0 Å². The Labute approximate surface area is 126 Å². The van der Waals surface area contributed by atoms with Crippen molar-refractivity contribution in [1.82, 2.24) is 15.3 Å². The van der Waals surface area contributed by atoms with E-state index in [1.807, 2.05) is 6.20 Å². The fraction of sp³-hybridized carbons (Fsp3) is 0.412. The summed E-state index contributed by atoms with van der Waals surface area (Å²) in [6, 6.07) is 8.40. The van der Waals surface area contributed by atoms with Gasteiger partial charge in [-0.1, -0.05) is 36.8 Å². The molecule has 1 aliphatic heterocycles. The van der Waals surface area contributed by atoms with E-state index in [4.69, 9.17) is 4.98 Å².